The molecule has 0 aliphatic heterocycles. The monoisotopic (exact) mass is 504 g/mol. The summed E-state index contributed by atoms with van der Waals surface area (Å²) in [5.41, 5.74) is 4.96. The van der Waals surface area contributed by atoms with Gasteiger partial charge in [-0.05, 0) is 13.3 Å². The van der Waals surface area contributed by atoms with Crippen LogP contribution < -0.4 is 21.7 Å². The third-order valence-corrected chi connectivity index (χ3v) is 5.13. The van der Waals surface area contributed by atoms with Crippen LogP contribution in [0.1, 0.15) is 26.2 Å². The number of hydrogen-bond acceptors (Lipinski definition) is 9. The average Bonchev–Trinajstić information content (AvgIpc) is 2.57. The van der Waals surface area contributed by atoms with Crippen LogP contribution in [0.2, 0.25) is 0 Å². The first-order valence-corrected chi connectivity index (χ1v) is 11.9. The second-order valence-electron chi connectivity index (χ2n) is 6.56. The van der Waals surface area contributed by atoms with Gasteiger partial charge in [-0.15, -0.1) is 0 Å². The number of carboxylic acids is 1. The summed E-state index contributed by atoms with van der Waals surface area (Å²) in [4.78, 5) is 58.0. The van der Waals surface area contributed by atoms with Crippen molar-refractivity contribution in [3.8, 4) is 0 Å². The van der Waals surface area contributed by atoms with Crippen LogP contribution >= 0.6 is 0 Å². The van der Waals surface area contributed by atoms with Gasteiger partial charge in [-0.1, -0.05) is 0 Å². The summed E-state index contributed by atoms with van der Waals surface area (Å²) in [5, 5.41) is 14.2. The zero-order chi connectivity index (χ0) is 25.3. The molecule has 0 aliphatic rings. The molecule has 184 valence electrons. The number of carbonyl (C=O) groups is 5. The van der Waals surface area contributed by atoms with E-state index in [2.05, 4.69) is 0 Å². The van der Waals surface area contributed by atoms with Crippen LogP contribution in [0.25, 0.3) is 0 Å². The van der Waals surface area contributed by atoms with E-state index in [1.807, 2.05) is 10.6 Å². The van der Waals surface area contributed by atoms with E-state index in [9.17, 15) is 40.8 Å². The Bertz CT molecular complexity index is 947. The highest BCUT2D eigenvalue weighted by molar-refractivity contribution is 7.86. The molecule has 0 fully saturated rings. The lowest BCUT2D eigenvalue weighted by Crippen LogP contribution is -2.58. The number of rotatable bonds is 14. The van der Waals surface area contributed by atoms with Crippen molar-refractivity contribution in [3.05, 3.63) is 0 Å². The van der Waals surface area contributed by atoms with Crippen LogP contribution in [0.4, 0.5) is 0 Å². The van der Waals surface area contributed by atoms with Crippen molar-refractivity contribution in [2.75, 3.05) is 11.5 Å². The normalized spacial score (nSPS) is 14.5. The standard InChI is InChI=1S/C14H24N4O12S2/c1-7(12(15)22)16-13(23)9(6-32(28,29)30)18-14(24)8(5-31(25,26)27)17-10(19)3-2-4-11(20)21/h7-9H,2-6H2,1H3,(H2,15,22)(H,16,23)(H,17,19)(H,18,24)(H,20,21)(H,25,26,27)(H,28,29,30)/t7?,8-,9-/m0/s1. The fourth-order valence-corrected chi connectivity index (χ4v) is 3.42. The van der Waals surface area contributed by atoms with E-state index < -0.39 is 92.3 Å². The molecular formula is C14H24N4O12S2. The maximum atomic E-state index is 12.4. The van der Waals surface area contributed by atoms with E-state index in [0.717, 1.165) is 6.92 Å². The molecule has 1 unspecified atom stereocenters. The molecule has 4 amide bonds. The number of nitrogens with two attached hydrogens (primary N) is 1. The summed E-state index contributed by atoms with van der Waals surface area (Å²) < 4.78 is 62.7. The Morgan fingerprint density at radius 2 is 1.25 bits per heavy atom. The summed E-state index contributed by atoms with van der Waals surface area (Å²) >= 11 is 0. The molecule has 32 heavy (non-hydrogen) atoms. The predicted octanol–water partition coefficient (Wildman–Crippen LogP) is -4.02. The van der Waals surface area contributed by atoms with E-state index in [-0.39, 0.29) is 6.42 Å². The Labute approximate surface area is 182 Å². The molecule has 0 saturated heterocycles. The van der Waals surface area contributed by atoms with Gasteiger partial charge in [-0.25, -0.2) is 0 Å². The van der Waals surface area contributed by atoms with E-state index >= 15 is 0 Å². The Morgan fingerprint density at radius 3 is 1.66 bits per heavy atom. The lowest BCUT2D eigenvalue weighted by molar-refractivity contribution is -0.137. The molecule has 0 bridgehead atoms. The molecule has 3 atom stereocenters. The van der Waals surface area contributed by atoms with Crippen molar-refractivity contribution < 1.29 is 55.0 Å². The van der Waals surface area contributed by atoms with Gasteiger partial charge in [0.2, 0.25) is 23.6 Å². The highest BCUT2D eigenvalue weighted by Crippen LogP contribution is 2.01. The average molecular weight is 504 g/mol. The number of carboxylic acid groups (broad SMARTS) is 1. The van der Waals surface area contributed by atoms with Gasteiger partial charge in [0.15, 0.2) is 0 Å². The fourth-order valence-electron chi connectivity index (χ4n) is 2.11. The molecule has 0 rings (SSSR count). The van der Waals surface area contributed by atoms with Crippen molar-refractivity contribution in [1.29, 1.82) is 0 Å². The first-order chi connectivity index (χ1) is 14.4. The number of primary amides is 1. The molecule has 0 radical (unpaired) electrons. The highest BCUT2D eigenvalue weighted by Gasteiger charge is 2.32. The van der Waals surface area contributed by atoms with Crippen LogP contribution in [0.5, 0.6) is 0 Å². The van der Waals surface area contributed by atoms with E-state index in [0.29, 0.717) is 0 Å². The number of amides is 4. The molecule has 0 saturated carbocycles. The minimum absolute atomic E-state index is 0.166. The molecule has 0 aromatic heterocycles. The molecular weight excluding hydrogens is 480 g/mol. The van der Waals surface area contributed by atoms with Gasteiger partial charge in [0, 0.05) is 12.8 Å². The summed E-state index contributed by atoms with van der Waals surface area (Å²) in [6.07, 6.45) is -1.01. The van der Waals surface area contributed by atoms with Crippen LogP contribution in [-0.2, 0) is 44.2 Å². The zero-order valence-electron chi connectivity index (χ0n) is 16.7. The van der Waals surface area contributed by atoms with E-state index in [1.54, 1.807) is 5.32 Å². The lowest BCUT2D eigenvalue weighted by atomic mass is 10.2. The number of carbonyl (C=O) groups excluding carboxylic acids is 4. The summed E-state index contributed by atoms with van der Waals surface area (Å²) in [6, 6.07) is -5.38. The smallest absolute Gasteiger partial charge is 0.303 e. The minimum atomic E-state index is -4.88. The molecule has 16 nitrogen and oxygen atoms in total. The van der Waals surface area contributed by atoms with Gasteiger partial charge >= 0.3 is 5.97 Å². The Morgan fingerprint density at radius 1 is 0.812 bits per heavy atom. The minimum Gasteiger partial charge on any atom is -0.481 e. The van der Waals surface area contributed by atoms with Crippen molar-refractivity contribution >= 4 is 49.8 Å². The van der Waals surface area contributed by atoms with Crippen LogP contribution in [0.3, 0.4) is 0 Å². The second-order valence-corrected chi connectivity index (χ2v) is 9.55. The van der Waals surface area contributed by atoms with Crippen molar-refractivity contribution in [2.45, 2.75) is 44.3 Å². The van der Waals surface area contributed by atoms with Gasteiger partial charge in [-0.3, -0.25) is 33.1 Å². The topological polar surface area (TPSA) is 276 Å². The van der Waals surface area contributed by atoms with Crippen LogP contribution in [-0.4, -0.2) is 90.3 Å². The molecule has 0 aromatic carbocycles. The van der Waals surface area contributed by atoms with Gasteiger partial charge in [0.05, 0.1) is 0 Å². The Hall–Kier alpha value is -2.83. The Balaban J connectivity index is 5.55. The first kappa shape index (κ1) is 29.2. The van der Waals surface area contributed by atoms with Crippen LogP contribution in [0.15, 0.2) is 0 Å². The lowest BCUT2D eigenvalue weighted by Gasteiger charge is -2.22. The first-order valence-electron chi connectivity index (χ1n) is 8.73. The van der Waals surface area contributed by atoms with Gasteiger partial charge in [0.1, 0.15) is 29.6 Å². The molecule has 0 spiro atoms. The maximum Gasteiger partial charge on any atom is 0.303 e. The highest BCUT2D eigenvalue weighted by atomic mass is 32.2. The Kier molecular flexibility index (Phi) is 11.2. The summed E-state index contributed by atoms with van der Waals surface area (Å²) in [6.45, 7) is 1.13. The third-order valence-electron chi connectivity index (χ3n) is 3.62. The molecule has 0 heterocycles. The van der Waals surface area contributed by atoms with Gasteiger partial charge in [-0.2, -0.15) is 16.8 Å². The molecule has 8 N–H and O–H groups in total. The SMILES string of the molecule is CC(NC(=O)[C@H](CS(=O)(=O)O)NC(=O)[C@H](CS(=O)(=O)O)NC(=O)CCCC(=O)O)C(N)=O. The summed E-state index contributed by atoms with van der Waals surface area (Å²) in [5.74, 6) is -8.70. The zero-order valence-corrected chi connectivity index (χ0v) is 18.3. The number of nitrogens with one attached hydrogen (secondary N) is 3. The van der Waals surface area contributed by atoms with Crippen molar-refractivity contribution in [1.82, 2.24) is 16.0 Å². The van der Waals surface area contributed by atoms with Crippen LogP contribution in [0, 0.1) is 0 Å². The summed E-state index contributed by atoms with van der Waals surface area (Å²) in [7, 11) is -9.74. The van der Waals surface area contributed by atoms with Gasteiger partial charge in [0.25, 0.3) is 20.2 Å². The van der Waals surface area contributed by atoms with Crippen molar-refractivity contribution in [2.24, 2.45) is 5.73 Å². The third kappa shape index (κ3) is 13.5. The van der Waals surface area contributed by atoms with E-state index in [4.69, 9.17) is 19.9 Å². The van der Waals surface area contributed by atoms with E-state index in [1.165, 1.54) is 0 Å². The van der Waals surface area contributed by atoms with Gasteiger partial charge < -0.3 is 26.8 Å². The fraction of sp³-hybridized carbons (Fsp3) is 0.643. The maximum absolute atomic E-state index is 12.4. The molecule has 0 aromatic rings. The molecule has 18 heteroatoms. The molecule has 0 aliphatic carbocycles. The van der Waals surface area contributed by atoms with Crippen molar-refractivity contribution in [3.63, 3.8) is 0 Å². The number of hydrogen-bond donors (Lipinski definition) is 7. The quantitative estimate of drug-likeness (QED) is 0.111. The largest absolute Gasteiger partial charge is 0.481 e. The predicted molar refractivity (Wildman–Crippen MR) is 105 cm³/mol. The number of aliphatic carboxylic acids is 1. The second kappa shape index (κ2) is 12.3.